The maximum Gasteiger partial charge on any atom is 0.0559 e. The summed E-state index contributed by atoms with van der Waals surface area (Å²) in [6.07, 6.45) is 4.04. The van der Waals surface area contributed by atoms with E-state index in [1.807, 2.05) is 11.8 Å². The summed E-state index contributed by atoms with van der Waals surface area (Å²) in [5.41, 5.74) is 4.11. The van der Waals surface area contributed by atoms with Crippen molar-refractivity contribution in [1.29, 1.82) is 0 Å². The van der Waals surface area contributed by atoms with Crippen molar-refractivity contribution in [2.45, 2.75) is 29.1 Å². The average molecular weight is 322 g/mol. The highest BCUT2D eigenvalue weighted by molar-refractivity contribution is 7.99. The molecular formula is C20H22N2S. The zero-order valence-electron chi connectivity index (χ0n) is 13.3. The fraction of sp³-hybridized carbons (Fsp3) is 0.400. The first-order chi connectivity index (χ1) is 11.4. The van der Waals surface area contributed by atoms with Crippen LogP contribution in [0.1, 0.15) is 18.4 Å². The molecule has 1 N–H and O–H groups in total. The van der Waals surface area contributed by atoms with E-state index in [0.717, 1.165) is 11.8 Å². The van der Waals surface area contributed by atoms with Gasteiger partial charge in [0.1, 0.15) is 0 Å². The van der Waals surface area contributed by atoms with Crippen LogP contribution in [0.15, 0.2) is 52.3 Å². The second kappa shape index (κ2) is 5.57. The maximum absolute atomic E-state index is 3.71. The van der Waals surface area contributed by atoms with Gasteiger partial charge in [0.25, 0.3) is 0 Å². The molecular weight excluding hydrogens is 300 g/mol. The number of piperidine rings is 3. The van der Waals surface area contributed by atoms with Gasteiger partial charge in [0.05, 0.1) is 11.4 Å². The highest BCUT2D eigenvalue weighted by atomic mass is 32.2. The molecule has 0 spiro atoms. The molecule has 3 fully saturated rings. The van der Waals surface area contributed by atoms with Crippen molar-refractivity contribution >= 4 is 23.1 Å². The first kappa shape index (κ1) is 13.9. The number of para-hydroxylation sites is 2. The molecule has 4 aliphatic heterocycles. The molecule has 0 aromatic heterocycles. The van der Waals surface area contributed by atoms with Crippen molar-refractivity contribution in [2.75, 3.05) is 25.0 Å². The minimum Gasteiger partial charge on any atom is -0.353 e. The Morgan fingerprint density at radius 3 is 2.65 bits per heavy atom. The van der Waals surface area contributed by atoms with Crippen molar-refractivity contribution in [3.05, 3.63) is 48.0 Å². The van der Waals surface area contributed by atoms with E-state index >= 15 is 0 Å². The van der Waals surface area contributed by atoms with Gasteiger partial charge in [-0.3, -0.25) is 0 Å². The summed E-state index contributed by atoms with van der Waals surface area (Å²) in [7, 11) is 0. The number of nitrogens with zero attached hydrogens (tertiary/aromatic N) is 1. The lowest BCUT2D eigenvalue weighted by atomic mass is 9.76. The van der Waals surface area contributed by atoms with Crippen molar-refractivity contribution in [3.63, 3.8) is 0 Å². The number of nitrogens with one attached hydrogen (secondary N) is 1. The Kier molecular flexibility index (Phi) is 3.38. The maximum atomic E-state index is 3.71. The number of benzene rings is 2. The van der Waals surface area contributed by atoms with E-state index in [1.54, 1.807) is 0 Å². The van der Waals surface area contributed by atoms with E-state index < -0.39 is 0 Å². The molecule has 23 heavy (non-hydrogen) atoms. The van der Waals surface area contributed by atoms with Crippen LogP contribution in [0, 0.1) is 11.8 Å². The summed E-state index contributed by atoms with van der Waals surface area (Å²) in [4.78, 5) is 5.37. The summed E-state index contributed by atoms with van der Waals surface area (Å²) in [6, 6.07) is 15.5. The molecule has 2 aromatic carbocycles. The Bertz CT molecular complexity index is 734. The van der Waals surface area contributed by atoms with Gasteiger partial charge >= 0.3 is 0 Å². The number of anilines is 2. The van der Waals surface area contributed by atoms with E-state index in [-0.39, 0.29) is 0 Å². The Labute approximate surface area is 142 Å². The van der Waals surface area contributed by atoms with Crippen LogP contribution in [-0.2, 0) is 6.42 Å². The fourth-order valence-electron chi connectivity index (χ4n) is 4.49. The van der Waals surface area contributed by atoms with Crippen molar-refractivity contribution in [3.8, 4) is 0 Å². The SMILES string of the molecule is c1ccc2c(c1)Nc1c(CC3CN4CCC3CC4)cccc1S2. The van der Waals surface area contributed by atoms with Gasteiger partial charge in [-0.15, -0.1) is 0 Å². The van der Waals surface area contributed by atoms with Gasteiger partial charge in [0, 0.05) is 16.3 Å². The van der Waals surface area contributed by atoms with Gasteiger partial charge < -0.3 is 10.2 Å². The zero-order valence-corrected chi connectivity index (χ0v) is 14.1. The molecule has 0 radical (unpaired) electrons. The minimum absolute atomic E-state index is 0.841. The smallest absolute Gasteiger partial charge is 0.0559 e. The van der Waals surface area contributed by atoms with Gasteiger partial charge in [0.15, 0.2) is 0 Å². The summed E-state index contributed by atoms with van der Waals surface area (Å²) in [5.74, 6) is 1.78. The largest absolute Gasteiger partial charge is 0.353 e. The Morgan fingerprint density at radius 1 is 1.00 bits per heavy atom. The molecule has 3 heteroatoms. The third-order valence-electron chi connectivity index (χ3n) is 5.75. The Hall–Kier alpha value is -1.45. The van der Waals surface area contributed by atoms with E-state index in [9.17, 15) is 0 Å². The average Bonchev–Trinajstić information content (AvgIpc) is 2.61. The summed E-state index contributed by atoms with van der Waals surface area (Å²) >= 11 is 1.90. The normalized spacial score (nSPS) is 27.9. The van der Waals surface area contributed by atoms with Gasteiger partial charge in [-0.05, 0) is 68.0 Å². The zero-order chi connectivity index (χ0) is 15.2. The van der Waals surface area contributed by atoms with E-state index in [2.05, 4.69) is 52.7 Å². The van der Waals surface area contributed by atoms with Crippen molar-refractivity contribution < 1.29 is 0 Å². The lowest BCUT2D eigenvalue weighted by molar-refractivity contribution is 0.0513. The van der Waals surface area contributed by atoms with E-state index in [4.69, 9.17) is 0 Å². The molecule has 4 aliphatic rings. The minimum atomic E-state index is 0.841. The second-order valence-electron chi connectivity index (χ2n) is 7.12. The molecule has 1 unspecified atom stereocenters. The first-order valence-electron chi connectivity index (χ1n) is 8.75. The van der Waals surface area contributed by atoms with E-state index in [1.165, 1.54) is 65.6 Å². The molecule has 0 amide bonds. The molecule has 2 bridgehead atoms. The second-order valence-corrected chi connectivity index (χ2v) is 8.20. The quantitative estimate of drug-likeness (QED) is 0.731. The highest BCUT2D eigenvalue weighted by Crippen LogP contribution is 2.46. The van der Waals surface area contributed by atoms with Crippen LogP contribution < -0.4 is 5.32 Å². The van der Waals surface area contributed by atoms with Crippen LogP contribution >= 0.6 is 11.8 Å². The van der Waals surface area contributed by atoms with Crippen LogP contribution in [0.25, 0.3) is 0 Å². The van der Waals surface area contributed by atoms with Crippen LogP contribution in [0.4, 0.5) is 11.4 Å². The highest BCUT2D eigenvalue weighted by Gasteiger charge is 2.34. The summed E-state index contributed by atoms with van der Waals surface area (Å²) < 4.78 is 0. The van der Waals surface area contributed by atoms with Crippen molar-refractivity contribution in [2.24, 2.45) is 11.8 Å². The molecule has 6 rings (SSSR count). The number of rotatable bonds is 2. The topological polar surface area (TPSA) is 15.3 Å². The van der Waals surface area contributed by atoms with Gasteiger partial charge in [-0.1, -0.05) is 36.0 Å². The summed E-state index contributed by atoms with van der Waals surface area (Å²) in [5, 5.41) is 3.71. The Balaban J connectivity index is 1.45. The Morgan fingerprint density at radius 2 is 1.83 bits per heavy atom. The van der Waals surface area contributed by atoms with Gasteiger partial charge in [-0.2, -0.15) is 0 Å². The monoisotopic (exact) mass is 322 g/mol. The fourth-order valence-corrected chi connectivity index (χ4v) is 5.53. The lowest BCUT2D eigenvalue weighted by Gasteiger charge is -2.45. The van der Waals surface area contributed by atoms with Crippen LogP contribution in [0.3, 0.4) is 0 Å². The molecule has 2 nitrogen and oxygen atoms in total. The number of hydrogen-bond acceptors (Lipinski definition) is 3. The van der Waals surface area contributed by atoms with Gasteiger partial charge in [-0.25, -0.2) is 0 Å². The lowest BCUT2D eigenvalue weighted by Crippen LogP contribution is -2.48. The van der Waals surface area contributed by atoms with E-state index in [0.29, 0.717) is 0 Å². The molecule has 0 aliphatic carbocycles. The first-order valence-corrected chi connectivity index (χ1v) is 9.56. The standard InChI is InChI=1S/C20H22N2S/c1-2-6-18-17(5-1)21-20-15(4-3-7-19(20)23-18)12-16-13-22-10-8-14(16)9-11-22/h1-7,14,16,21H,8-13H2. The number of fused-ring (bicyclic) bond motifs is 5. The van der Waals surface area contributed by atoms with Crippen molar-refractivity contribution in [1.82, 2.24) is 4.90 Å². The molecule has 3 saturated heterocycles. The third-order valence-corrected chi connectivity index (χ3v) is 6.89. The van der Waals surface area contributed by atoms with Crippen LogP contribution in [0.5, 0.6) is 0 Å². The third kappa shape index (κ3) is 2.47. The van der Waals surface area contributed by atoms with Gasteiger partial charge in [0.2, 0.25) is 0 Å². The number of hydrogen-bond donors (Lipinski definition) is 1. The predicted octanol–water partition coefficient (Wildman–Crippen LogP) is 4.78. The predicted molar refractivity (Wildman–Crippen MR) is 96.6 cm³/mol. The van der Waals surface area contributed by atoms with Crippen LogP contribution in [-0.4, -0.2) is 24.5 Å². The molecule has 2 aromatic rings. The molecule has 1 atom stereocenters. The summed E-state index contributed by atoms with van der Waals surface area (Å²) in [6.45, 7) is 3.96. The van der Waals surface area contributed by atoms with Crippen LogP contribution in [0.2, 0.25) is 0 Å². The molecule has 118 valence electrons. The molecule has 4 heterocycles. The molecule has 0 saturated carbocycles.